The van der Waals surface area contributed by atoms with E-state index in [2.05, 4.69) is 31.0 Å². The number of thioether (sulfide) groups is 2. The maximum atomic E-state index is 13.5. The predicted octanol–water partition coefficient (Wildman–Crippen LogP) is 4.03. The molecule has 2 N–H and O–H groups in total. The number of carbonyl (C=O) groups is 2. The van der Waals surface area contributed by atoms with Gasteiger partial charge in [-0.15, -0.1) is 20.4 Å². The van der Waals surface area contributed by atoms with E-state index in [-0.39, 0.29) is 23.8 Å². The molecular formula is C22H20FN7O2S3. The molecule has 0 aliphatic heterocycles. The van der Waals surface area contributed by atoms with E-state index in [4.69, 9.17) is 0 Å². The SMILES string of the molecule is CCSc1nnc(NC(=O)CSc2nnc(CNC(=O)c3cccc(F)c3)n2-c2ccccc2)s1. The summed E-state index contributed by atoms with van der Waals surface area (Å²) in [5.41, 5.74) is 0.986. The fraction of sp³-hybridized carbons (Fsp3) is 0.182. The number of hydrogen-bond donors (Lipinski definition) is 2. The number of amides is 2. The molecule has 4 aromatic rings. The molecule has 0 saturated heterocycles. The number of halogens is 1. The maximum absolute atomic E-state index is 13.5. The van der Waals surface area contributed by atoms with Crippen molar-refractivity contribution in [3.8, 4) is 5.69 Å². The molecule has 0 aliphatic carbocycles. The fourth-order valence-corrected chi connectivity index (χ4v) is 5.40. The lowest BCUT2D eigenvalue weighted by atomic mass is 10.2. The summed E-state index contributed by atoms with van der Waals surface area (Å²) in [7, 11) is 0. The van der Waals surface area contributed by atoms with Gasteiger partial charge in [0.1, 0.15) is 5.82 Å². The summed E-state index contributed by atoms with van der Waals surface area (Å²) in [6, 6.07) is 14.8. The molecule has 0 bridgehead atoms. The third-order valence-corrected chi connectivity index (χ3v) is 7.24. The Kier molecular flexibility index (Phi) is 8.45. The van der Waals surface area contributed by atoms with E-state index in [1.54, 1.807) is 16.3 Å². The molecule has 35 heavy (non-hydrogen) atoms. The minimum atomic E-state index is -0.490. The molecule has 2 aromatic carbocycles. The number of para-hydroxylation sites is 1. The van der Waals surface area contributed by atoms with Crippen molar-refractivity contribution in [3.63, 3.8) is 0 Å². The number of aromatic nitrogens is 5. The summed E-state index contributed by atoms with van der Waals surface area (Å²) in [5, 5.41) is 22.9. The quantitative estimate of drug-likeness (QED) is 0.234. The zero-order valence-corrected chi connectivity index (χ0v) is 20.9. The van der Waals surface area contributed by atoms with E-state index in [1.165, 1.54) is 47.4 Å². The average Bonchev–Trinajstić information content (AvgIpc) is 3.48. The zero-order chi connectivity index (χ0) is 24.6. The van der Waals surface area contributed by atoms with Gasteiger partial charge in [0.05, 0.1) is 12.3 Å². The maximum Gasteiger partial charge on any atom is 0.251 e. The van der Waals surface area contributed by atoms with Crippen molar-refractivity contribution >= 4 is 51.8 Å². The first-order valence-electron chi connectivity index (χ1n) is 10.5. The average molecular weight is 530 g/mol. The topological polar surface area (TPSA) is 115 Å². The van der Waals surface area contributed by atoms with Gasteiger partial charge in [-0.2, -0.15) is 0 Å². The van der Waals surface area contributed by atoms with Crippen LogP contribution >= 0.6 is 34.9 Å². The van der Waals surface area contributed by atoms with Crippen molar-refractivity contribution < 1.29 is 14.0 Å². The molecule has 0 radical (unpaired) electrons. The van der Waals surface area contributed by atoms with Gasteiger partial charge in [-0.1, -0.05) is 66.0 Å². The first kappa shape index (κ1) is 24.8. The molecular weight excluding hydrogens is 509 g/mol. The molecule has 0 saturated carbocycles. The molecule has 13 heteroatoms. The highest BCUT2D eigenvalue weighted by molar-refractivity contribution is 8.01. The number of carbonyl (C=O) groups excluding carboxylic acids is 2. The van der Waals surface area contributed by atoms with Crippen LogP contribution in [0.2, 0.25) is 0 Å². The summed E-state index contributed by atoms with van der Waals surface area (Å²) in [5.74, 6) is 0.251. The molecule has 9 nitrogen and oxygen atoms in total. The highest BCUT2D eigenvalue weighted by Gasteiger charge is 2.18. The Labute approximate surface area is 213 Å². The van der Waals surface area contributed by atoms with Crippen molar-refractivity contribution in [1.82, 2.24) is 30.3 Å². The minimum absolute atomic E-state index is 0.0622. The molecule has 2 amide bonds. The van der Waals surface area contributed by atoms with Crippen LogP contribution in [0.5, 0.6) is 0 Å². The van der Waals surface area contributed by atoms with Crippen LogP contribution in [-0.4, -0.2) is 48.3 Å². The van der Waals surface area contributed by atoms with Crippen molar-refractivity contribution in [2.75, 3.05) is 16.8 Å². The lowest BCUT2D eigenvalue weighted by Gasteiger charge is -2.11. The largest absolute Gasteiger partial charge is 0.345 e. The number of benzene rings is 2. The number of nitrogens with one attached hydrogen (secondary N) is 2. The Bertz CT molecular complexity index is 1310. The Morgan fingerprint density at radius 1 is 1.03 bits per heavy atom. The van der Waals surface area contributed by atoms with Gasteiger partial charge in [0.2, 0.25) is 11.0 Å². The van der Waals surface area contributed by atoms with E-state index >= 15 is 0 Å². The fourth-order valence-electron chi connectivity index (χ4n) is 2.96. The lowest BCUT2D eigenvalue weighted by molar-refractivity contribution is -0.113. The minimum Gasteiger partial charge on any atom is -0.345 e. The van der Waals surface area contributed by atoms with E-state index in [0.717, 1.165) is 15.8 Å². The van der Waals surface area contributed by atoms with E-state index in [0.29, 0.717) is 16.1 Å². The van der Waals surface area contributed by atoms with Gasteiger partial charge in [-0.3, -0.25) is 19.5 Å². The Morgan fingerprint density at radius 2 is 1.86 bits per heavy atom. The van der Waals surface area contributed by atoms with Crippen molar-refractivity contribution in [3.05, 3.63) is 71.8 Å². The van der Waals surface area contributed by atoms with Gasteiger partial charge in [-0.05, 0) is 36.1 Å². The van der Waals surface area contributed by atoms with Gasteiger partial charge < -0.3 is 5.32 Å². The second-order valence-electron chi connectivity index (χ2n) is 6.91. The second-order valence-corrected chi connectivity index (χ2v) is 10.3. The van der Waals surface area contributed by atoms with Gasteiger partial charge in [-0.25, -0.2) is 4.39 Å². The number of hydrogen-bond acceptors (Lipinski definition) is 9. The van der Waals surface area contributed by atoms with Gasteiger partial charge >= 0.3 is 0 Å². The molecule has 2 aromatic heterocycles. The zero-order valence-electron chi connectivity index (χ0n) is 18.5. The number of anilines is 1. The van der Waals surface area contributed by atoms with Gasteiger partial charge in [0, 0.05) is 11.3 Å². The summed E-state index contributed by atoms with van der Waals surface area (Å²) < 4.78 is 16.0. The first-order valence-corrected chi connectivity index (χ1v) is 13.2. The molecule has 2 heterocycles. The van der Waals surface area contributed by atoms with Gasteiger partial charge in [0.25, 0.3) is 5.91 Å². The Balaban J connectivity index is 1.45. The van der Waals surface area contributed by atoms with Crippen LogP contribution in [0.4, 0.5) is 9.52 Å². The standard InChI is InChI=1S/C22H20FN7O2S3/c1-2-33-22-29-27-20(35-22)25-18(31)13-34-21-28-26-17(30(21)16-9-4-3-5-10-16)12-24-19(32)14-7-6-8-15(23)11-14/h3-11H,2,12-13H2,1H3,(H,24,32)(H,25,27,31). The van der Waals surface area contributed by atoms with Crippen LogP contribution in [0.25, 0.3) is 5.69 Å². The lowest BCUT2D eigenvalue weighted by Crippen LogP contribution is -2.24. The van der Waals surface area contributed by atoms with Gasteiger partial charge in [0.15, 0.2) is 15.3 Å². The smallest absolute Gasteiger partial charge is 0.251 e. The summed E-state index contributed by atoms with van der Waals surface area (Å²) >= 11 is 4.09. The summed E-state index contributed by atoms with van der Waals surface area (Å²) in [6.45, 7) is 2.08. The first-order chi connectivity index (χ1) is 17.0. The predicted molar refractivity (Wildman–Crippen MR) is 135 cm³/mol. The monoisotopic (exact) mass is 529 g/mol. The van der Waals surface area contributed by atoms with Crippen LogP contribution in [0.15, 0.2) is 64.1 Å². The third kappa shape index (κ3) is 6.65. The molecule has 0 spiro atoms. The van der Waals surface area contributed by atoms with Crippen LogP contribution < -0.4 is 10.6 Å². The van der Waals surface area contributed by atoms with Crippen LogP contribution in [0, 0.1) is 5.82 Å². The summed E-state index contributed by atoms with van der Waals surface area (Å²) in [4.78, 5) is 24.9. The molecule has 0 fully saturated rings. The third-order valence-electron chi connectivity index (χ3n) is 4.46. The van der Waals surface area contributed by atoms with Crippen LogP contribution in [0.1, 0.15) is 23.1 Å². The summed E-state index contributed by atoms with van der Waals surface area (Å²) in [6.07, 6.45) is 0. The van der Waals surface area contributed by atoms with Crippen molar-refractivity contribution in [1.29, 1.82) is 0 Å². The van der Waals surface area contributed by atoms with Crippen molar-refractivity contribution in [2.24, 2.45) is 0 Å². The molecule has 0 aliphatic rings. The van der Waals surface area contributed by atoms with E-state index in [9.17, 15) is 14.0 Å². The normalized spacial score (nSPS) is 10.8. The highest BCUT2D eigenvalue weighted by Crippen LogP contribution is 2.26. The number of rotatable bonds is 10. The second kappa shape index (κ2) is 11.9. The van der Waals surface area contributed by atoms with Crippen LogP contribution in [-0.2, 0) is 11.3 Å². The van der Waals surface area contributed by atoms with Crippen LogP contribution in [0.3, 0.4) is 0 Å². The molecule has 0 unspecified atom stereocenters. The van der Waals surface area contributed by atoms with Crippen molar-refractivity contribution in [2.45, 2.75) is 23.0 Å². The molecule has 4 rings (SSSR count). The Hall–Kier alpha value is -3.29. The highest BCUT2D eigenvalue weighted by atomic mass is 32.2. The van der Waals surface area contributed by atoms with E-state index in [1.807, 2.05) is 37.3 Å². The number of nitrogens with zero attached hydrogens (tertiary/aromatic N) is 5. The van der Waals surface area contributed by atoms with E-state index < -0.39 is 11.7 Å². The molecule has 180 valence electrons. The molecule has 0 atom stereocenters. The Morgan fingerprint density at radius 3 is 2.63 bits per heavy atom.